The molecule has 1 aliphatic rings. The van der Waals surface area contributed by atoms with E-state index in [0.717, 1.165) is 17.5 Å². The van der Waals surface area contributed by atoms with Crippen LogP contribution in [0, 0.1) is 0 Å². The molecule has 0 bridgehead atoms. The molecule has 2 heteroatoms. The zero-order chi connectivity index (χ0) is 6.53. The fourth-order valence-corrected chi connectivity index (χ4v) is 1.93. The predicted molar refractivity (Wildman–Crippen MR) is 43.7 cm³/mol. The van der Waals surface area contributed by atoms with Crippen LogP contribution in [-0.2, 0) is 0 Å². The van der Waals surface area contributed by atoms with Crippen molar-refractivity contribution in [2.24, 2.45) is 5.73 Å². The molecule has 1 aliphatic carbocycles. The van der Waals surface area contributed by atoms with E-state index < -0.39 is 0 Å². The minimum atomic E-state index is 0.772. The van der Waals surface area contributed by atoms with Crippen molar-refractivity contribution in [1.82, 2.24) is 0 Å². The van der Waals surface area contributed by atoms with Gasteiger partial charge in [-0.25, -0.2) is 0 Å². The summed E-state index contributed by atoms with van der Waals surface area (Å²) in [4.78, 5) is 0. The molecule has 9 heavy (non-hydrogen) atoms. The molecule has 0 heterocycles. The van der Waals surface area contributed by atoms with E-state index >= 15 is 0 Å². The van der Waals surface area contributed by atoms with E-state index in [1.54, 1.807) is 0 Å². The van der Waals surface area contributed by atoms with Gasteiger partial charge in [0.25, 0.3) is 0 Å². The van der Waals surface area contributed by atoms with Gasteiger partial charge in [0.15, 0.2) is 0 Å². The van der Waals surface area contributed by atoms with Gasteiger partial charge in [-0.1, -0.05) is 12.2 Å². The van der Waals surface area contributed by atoms with Gasteiger partial charge in [-0.2, -0.15) is 11.8 Å². The van der Waals surface area contributed by atoms with Crippen LogP contribution in [0.2, 0.25) is 0 Å². The summed E-state index contributed by atoms with van der Waals surface area (Å²) in [6.45, 7) is 0.814. The van der Waals surface area contributed by atoms with Crippen LogP contribution in [0.25, 0.3) is 0 Å². The van der Waals surface area contributed by atoms with E-state index in [9.17, 15) is 0 Å². The van der Waals surface area contributed by atoms with Gasteiger partial charge in [0.1, 0.15) is 0 Å². The van der Waals surface area contributed by atoms with Gasteiger partial charge in [-0.3, -0.25) is 0 Å². The Kier molecular flexibility index (Phi) is 3.15. The third kappa shape index (κ3) is 2.41. The van der Waals surface area contributed by atoms with E-state index in [4.69, 9.17) is 5.73 Å². The Bertz CT molecular complexity index is 101. The zero-order valence-electron chi connectivity index (χ0n) is 5.55. The molecule has 52 valence electrons. The van der Waals surface area contributed by atoms with Gasteiger partial charge < -0.3 is 5.73 Å². The van der Waals surface area contributed by atoms with E-state index in [0.29, 0.717) is 0 Å². The van der Waals surface area contributed by atoms with Crippen molar-refractivity contribution in [3.63, 3.8) is 0 Å². The van der Waals surface area contributed by atoms with Gasteiger partial charge in [0.2, 0.25) is 0 Å². The Balaban J connectivity index is 2.05. The third-order valence-electron chi connectivity index (χ3n) is 1.42. The lowest BCUT2D eigenvalue weighted by Crippen LogP contribution is -2.04. The third-order valence-corrected chi connectivity index (χ3v) is 2.71. The normalized spacial score (nSPS) is 25.2. The first-order valence-corrected chi connectivity index (χ1v) is 4.46. The summed E-state index contributed by atoms with van der Waals surface area (Å²) in [5, 5.41) is 0.772. The van der Waals surface area contributed by atoms with Crippen molar-refractivity contribution in [2.45, 2.75) is 18.1 Å². The van der Waals surface area contributed by atoms with E-state index in [-0.39, 0.29) is 0 Å². The zero-order valence-corrected chi connectivity index (χ0v) is 6.36. The summed E-state index contributed by atoms with van der Waals surface area (Å²) in [6, 6.07) is 0. The Morgan fingerprint density at radius 1 is 1.67 bits per heavy atom. The summed E-state index contributed by atoms with van der Waals surface area (Å²) in [5.41, 5.74) is 5.36. The second-order valence-corrected chi connectivity index (χ2v) is 3.55. The number of thioether (sulfide) groups is 1. The van der Waals surface area contributed by atoms with Crippen molar-refractivity contribution < 1.29 is 0 Å². The van der Waals surface area contributed by atoms with E-state index in [2.05, 4.69) is 12.2 Å². The molecular formula is C7H13NS. The highest BCUT2D eigenvalue weighted by Gasteiger charge is 2.07. The Labute approximate surface area is 60.7 Å². The Hall–Kier alpha value is 0.0500. The lowest BCUT2D eigenvalue weighted by Gasteiger charge is -2.03. The summed E-state index contributed by atoms with van der Waals surface area (Å²) < 4.78 is 0. The highest BCUT2D eigenvalue weighted by molar-refractivity contribution is 8.00. The second-order valence-electron chi connectivity index (χ2n) is 2.20. The van der Waals surface area contributed by atoms with Crippen LogP contribution < -0.4 is 5.73 Å². The number of hydrogen-bond donors (Lipinski definition) is 1. The molecule has 1 atom stereocenters. The van der Waals surface area contributed by atoms with Crippen molar-refractivity contribution in [3.05, 3.63) is 12.2 Å². The lowest BCUT2D eigenvalue weighted by molar-refractivity contribution is 0.941. The minimum Gasteiger partial charge on any atom is -0.330 e. The van der Waals surface area contributed by atoms with Gasteiger partial charge >= 0.3 is 0 Å². The average Bonchev–Trinajstić information content (AvgIpc) is 2.34. The standard InChI is InChI=1S/C7H13NS/c8-5-6-9-7-3-1-2-4-7/h1,3,7H,2,4-6,8H2. The van der Waals surface area contributed by atoms with Crippen molar-refractivity contribution in [1.29, 1.82) is 0 Å². The van der Waals surface area contributed by atoms with Crippen LogP contribution in [0.15, 0.2) is 12.2 Å². The van der Waals surface area contributed by atoms with Crippen LogP contribution in [-0.4, -0.2) is 17.5 Å². The molecule has 0 aromatic carbocycles. The van der Waals surface area contributed by atoms with Crippen molar-refractivity contribution in [3.8, 4) is 0 Å². The van der Waals surface area contributed by atoms with E-state index in [1.165, 1.54) is 12.8 Å². The number of hydrogen-bond acceptors (Lipinski definition) is 2. The van der Waals surface area contributed by atoms with Crippen molar-refractivity contribution in [2.75, 3.05) is 12.3 Å². The molecule has 0 radical (unpaired) electrons. The molecule has 2 N–H and O–H groups in total. The molecule has 0 aliphatic heterocycles. The molecule has 0 saturated heterocycles. The van der Waals surface area contributed by atoms with Gasteiger partial charge in [-0.15, -0.1) is 0 Å². The molecule has 0 saturated carbocycles. The quantitative estimate of drug-likeness (QED) is 0.604. The van der Waals surface area contributed by atoms with Gasteiger partial charge in [-0.05, 0) is 12.8 Å². The summed E-state index contributed by atoms with van der Waals surface area (Å²) in [7, 11) is 0. The fraction of sp³-hybridized carbons (Fsp3) is 0.714. The Morgan fingerprint density at radius 2 is 2.56 bits per heavy atom. The largest absolute Gasteiger partial charge is 0.330 e. The van der Waals surface area contributed by atoms with E-state index in [1.807, 2.05) is 11.8 Å². The summed E-state index contributed by atoms with van der Waals surface area (Å²) in [5.74, 6) is 1.11. The second kappa shape index (κ2) is 3.96. The minimum absolute atomic E-state index is 0.772. The molecule has 1 rings (SSSR count). The molecule has 0 aromatic heterocycles. The molecule has 1 nitrogen and oxygen atoms in total. The number of nitrogens with two attached hydrogens (primary N) is 1. The first-order valence-electron chi connectivity index (χ1n) is 3.42. The number of allylic oxidation sites excluding steroid dienone is 1. The highest BCUT2D eigenvalue weighted by atomic mass is 32.2. The molecule has 0 amide bonds. The molecular weight excluding hydrogens is 130 g/mol. The molecule has 1 unspecified atom stereocenters. The first-order chi connectivity index (χ1) is 4.43. The lowest BCUT2D eigenvalue weighted by atomic mass is 10.4. The maximum absolute atomic E-state index is 5.36. The van der Waals surface area contributed by atoms with Crippen LogP contribution >= 0.6 is 11.8 Å². The Morgan fingerprint density at radius 3 is 3.11 bits per heavy atom. The van der Waals surface area contributed by atoms with Crippen LogP contribution in [0.4, 0.5) is 0 Å². The predicted octanol–water partition coefficient (Wildman–Crippen LogP) is 1.40. The monoisotopic (exact) mass is 143 g/mol. The molecule has 0 spiro atoms. The van der Waals surface area contributed by atoms with Crippen LogP contribution in [0.3, 0.4) is 0 Å². The number of rotatable bonds is 3. The maximum atomic E-state index is 5.36. The molecule has 0 aromatic rings. The van der Waals surface area contributed by atoms with Gasteiger partial charge in [0, 0.05) is 17.5 Å². The summed E-state index contributed by atoms with van der Waals surface area (Å²) in [6.07, 6.45) is 7.14. The van der Waals surface area contributed by atoms with Crippen LogP contribution in [0.5, 0.6) is 0 Å². The van der Waals surface area contributed by atoms with Crippen molar-refractivity contribution >= 4 is 11.8 Å². The smallest absolute Gasteiger partial charge is 0.0230 e. The van der Waals surface area contributed by atoms with Crippen LogP contribution in [0.1, 0.15) is 12.8 Å². The first kappa shape index (κ1) is 7.16. The van der Waals surface area contributed by atoms with Gasteiger partial charge in [0.05, 0.1) is 0 Å². The maximum Gasteiger partial charge on any atom is 0.0230 e. The highest BCUT2D eigenvalue weighted by Crippen LogP contribution is 2.22. The SMILES string of the molecule is NCCSC1C=CCC1. The average molecular weight is 143 g/mol. The summed E-state index contributed by atoms with van der Waals surface area (Å²) >= 11 is 1.97. The molecule has 0 fully saturated rings. The fourth-order valence-electron chi connectivity index (χ4n) is 0.963. The topological polar surface area (TPSA) is 26.0 Å².